The number of hydrogen-bond acceptors (Lipinski definition) is 4. The van der Waals surface area contributed by atoms with Crippen LogP contribution in [0.2, 0.25) is 0 Å². The minimum Gasteiger partial charge on any atom is -0.497 e. The maximum absolute atomic E-state index is 11.8. The first-order chi connectivity index (χ1) is 14.1. The number of nitrogens with one attached hydrogen (secondary N) is 1. The van der Waals surface area contributed by atoms with E-state index < -0.39 is 6.09 Å². The molecule has 1 fully saturated rings. The average molecular weight is 393 g/mol. The van der Waals surface area contributed by atoms with Crippen LogP contribution < -0.4 is 15.8 Å². The van der Waals surface area contributed by atoms with Crippen molar-refractivity contribution in [1.29, 1.82) is 0 Å². The predicted octanol–water partition coefficient (Wildman–Crippen LogP) is 5.58. The van der Waals surface area contributed by atoms with Gasteiger partial charge in [0.15, 0.2) is 0 Å². The van der Waals surface area contributed by atoms with Gasteiger partial charge in [-0.3, -0.25) is 5.32 Å². The Kier molecular flexibility index (Phi) is 5.34. The van der Waals surface area contributed by atoms with Crippen LogP contribution in [-0.2, 0) is 4.74 Å². The first-order valence-electron chi connectivity index (χ1n) is 10.1. The van der Waals surface area contributed by atoms with E-state index in [1.807, 2.05) is 43.3 Å². The van der Waals surface area contributed by atoms with Gasteiger partial charge in [0.1, 0.15) is 5.75 Å². The Morgan fingerprint density at radius 1 is 1.21 bits per heavy atom. The van der Waals surface area contributed by atoms with Crippen LogP contribution in [0, 0.1) is 0 Å². The van der Waals surface area contributed by atoms with Crippen LogP contribution in [0.25, 0.3) is 22.2 Å². The summed E-state index contributed by atoms with van der Waals surface area (Å²) in [4.78, 5) is 11.8. The molecule has 1 aliphatic carbocycles. The first kappa shape index (κ1) is 19.2. The number of anilines is 2. The fraction of sp³-hybridized carbons (Fsp3) is 0.348. The normalized spacial score (nSPS) is 13.9. The van der Waals surface area contributed by atoms with E-state index in [0.29, 0.717) is 18.3 Å². The van der Waals surface area contributed by atoms with Crippen molar-refractivity contribution in [1.82, 2.24) is 4.57 Å². The highest BCUT2D eigenvalue weighted by Crippen LogP contribution is 2.44. The summed E-state index contributed by atoms with van der Waals surface area (Å²) in [5.74, 6) is 0.826. The number of amides is 1. The minimum atomic E-state index is -0.435. The Labute approximate surface area is 170 Å². The van der Waals surface area contributed by atoms with Crippen LogP contribution in [0.1, 0.15) is 38.6 Å². The molecule has 0 atom stereocenters. The van der Waals surface area contributed by atoms with Crippen molar-refractivity contribution < 1.29 is 14.3 Å². The molecular weight excluding hydrogens is 366 g/mol. The molecule has 0 saturated heterocycles. The van der Waals surface area contributed by atoms with Gasteiger partial charge in [-0.05, 0) is 49.9 Å². The number of nitrogen functional groups attached to an aromatic ring is 1. The molecule has 1 saturated carbocycles. The standard InChI is InChI=1S/C23H27N3O3/c1-3-13-29-23(27)25-16-9-7-15(8-10-16)22-21(24)19-12-11-18(28-2)14-20(19)26(22)17-5-4-6-17/h7-12,14,17H,3-6,13,24H2,1-2H3,(H,25,27). The summed E-state index contributed by atoms with van der Waals surface area (Å²) in [6.07, 6.45) is 3.89. The third-order valence-electron chi connectivity index (χ3n) is 5.53. The van der Waals surface area contributed by atoms with E-state index in [1.165, 1.54) is 6.42 Å². The lowest BCUT2D eigenvalue weighted by Gasteiger charge is -2.30. The maximum Gasteiger partial charge on any atom is 0.411 e. The monoisotopic (exact) mass is 393 g/mol. The molecule has 2 aromatic carbocycles. The number of hydrogen-bond donors (Lipinski definition) is 2. The lowest BCUT2D eigenvalue weighted by Crippen LogP contribution is -2.18. The fourth-order valence-electron chi connectivity index (χ4n) is 3.82. The van der Waals surface area contributed by atoms with Crippen molar-refractivity contribution in [2.45, 2.75) is 38.6 Å². The Morgan fingerprint density at radius 3 is 2.59 bits per heavy atom. The average Bonchev–Trinajstić information content (AvgIpc) is 2.97. The van der Waals surface area contributed by atoms with Crippen molar-refractivity contribution >= 4 is 28.4 Å². The number of nitrogens with zero attached hydrogens (tertiary/aromatic N) is 1. The molecule has 6 heteroatoms. The van der Waals surface area contributed by atoms with Gasteiger partial charge in [0.05, 0.1) is 30.6 Å². The van der Waals surface area contributed by atoms with Crippen molar-refractivity contribution in [2.24, 2.45) is 0 Å². The van der Waals surface area contributed by atoms with Crippen molar-refractivity contribution in [3.63, 3.8) is 0 Å². The molecule has 0 aliphatic heterocycles. The molecule has 0 spiro atoms. The number of nitrogens with two attached hydrogens (primary N) is 1. The Hall–Kier alpha value is -3.15. The number of methoxy groups -OCH3 is 1. The lowest BCUT2D eigenvalue weighted by atomic mass is 9.92. The van der Waals surface area contributed by atoms with E-state index in [0.717, 1.165) is 52.9 Å². The smallest absolute Gasteiger partial charge is 0.411 e. The second-order valence-corrected chi connectivity index (χ2v) is 7.44. The molecule has 6 nitrogen and oxygen atoms in total. The summed E-state index contributed by atoms with van der Waals surface area (Å²) in [6, 6.07) is 14.2. The molecule has 0 radical (unpaired) electrons. The third-order valence-corrected chi connectivity index (χ3v) is 5.53. The van der Waals surface area contributed by atoms with E-state index in [2.05, 4.69) is 16.0 Å². The number of carbonyl (C=O) groups is 1. The van der Waals surface area contributed by atoms with Crippen LogP contribution >= 0.6 is 0 Å². The molecule has 3 aromatic rings. The van der Waals surface area contributed by atoms with Crippen LogP contribution in [0.5, 0.6) is 5.75 Å². The highest BCUT2D eigenvalue weighted by atomic mass is 16.5. The summed E-state index contributed by atoms with van der Waals surface area (Å²) in [5, 5.41) is 3.80. The third kappa shape index (κ3) is 3.62. The van der Waals surface area contributed by atoms with E-state index in [-0.39, 0.29) is 0 Å². The van der Waals surface area contributed by atoms with Crippen LogP contribution in [0.15, 0.2) is 42.5 Å². The van der Waals surface area contributed by atoms with Gasteiger partial charge in [-0.15, -0.1) is 0 Å². The van der Waals surface area contributed by atoms with Crippen molar-refractivity contribution in [2.75, 3.05) is 24.8 Å². The van der Waals surface area contributed by atoms with Crippen molar-refractivity contribution in [3.05, 3.63) is 42.5 Å². The van der Waals surface area contributed by atoms with Gasteiger partial charge in [-0.2, -0.15) is 0 Å². The van der Waals surface area contributed by atoms with Gasteiger partial charge in [0.25, 0.3) is 0 Å². The second kappa shape index (κ2) is 8.07. The number of ether oxygens (including phenoxy) is 2. The molecule has 0 unspecified atom stereocenters. The first-order valence-corrected chi connectivity index (χ1v) is 10.1. The van der Waals surface area contributed by atoms with Crippen LogP contribution in [-0.4, -0.2) is 24.4 Å². The zero-order valence-corrected chi connectivity index (χ0v) is 16.9. The molecule has 4 rings (SSSR count). The number of aromatic nitrogens is 1. The van der Waals surface area contributed by atoms with Crippen LogP contribution in [0.4, 0.5) is 16.2 Å². The number of fused-ring (bicyclic) bond motifs is 1. The van der Waals surface area contributed by atoms with Crippen LogP contribution in [0.3, 0.4) is 0 Å². The van der Waals surface area contributed by atoms with Gasteiger partial charge in [-0.1, -0.05) is 19.1 Å². The van der Waals surface area contributed by atoms with E-state index in [4.69, 9.17) is 15.2 Å². The fourth-order valence-corrected chi connectivity index (χ4v) is 3.82. The van der Waals surface area contributed by atoms with Crippen molar-refractivity contribution in [3.8, 4) is 17.0 Å². The van der Waals surface area contributed by atoms with E-state index in [1.54, 1.807) is 7.11 Å². The number of carbonyl (C=O) groups excluding carboxylic acids is 1. The molecule has 152 valence electrons. The molecule has 1 amide bonds. The minimum absolute atomic E-state index is 0.408. The highest BCUT2D eigenvalue weighted by molar-refractivity contribution is 6.01. The van der Waals surface area contributed by atoms with Gasteiger partial charge in [0, 0.05) is 28.7 Å². The summed E-state index contributed by atoms with van der Waals surface area (Å²) in [5.41, 5.74) is 11.2. The summed E-state index contributed by atoms with van der Waals surface area (Å²) in [7, 11) is 1.68. The quantitative estimate of drug-likeness (QED) is 0.573. The molecule has 1 heterocycles. The predicted molar refractivity (Wildman–Crippen MR) is 116 cm³/mol. The zero-order valence-electron chi connectivity index (χ0n) is 16.9. The van der Waals surface area contributed by atoms with E-state index in [9.17, 15) is 4.79 Å². The van der Waals surface area contributed by atoms with Gasteiger partial charge < -0.3 is 19.8 Å². The topological polar surface area (TPSA) is 78.5 Å². The maximum atomic E-state index is 11.8. The largest absolute Gasteiger partial charge is 0.497 e. The Bertz CT molecular complexity index is 1020. The highest BCUT2D eigenvalue weighted by Gasteiger charge is 2.27. The Morgan fingerprint density at radius 2 is 1.97 bits per heavy atom. The Balaban J connectivity index is 1.71. The lowest BCUT2D eigenvalue weighted by molar-refractivity contribution is 0.161. The SMILES string of the molecule is CCCOC(=O)Nc1ccc(-c2c(N)c3ccc(OC)cc3n2C2CCC2)cc1. The zero-order chi connectivity index (χ0) is 20.4. The summed E-state index contributed by atoms with van der Waals surface area (Å²) >= 11 is 0. The van der Waals surface area contributed by atoms with Gasteiger partial charge in [-0.25, -0.2) is 4.79 Å². The molecule has 1 aliphatic rings. The van der Waals surface area contributed by atoms with E-state index >= 15 is 0 Å². The van der Waals surface area contributed by atoms with Gasteiger partial charge >= 0.3 is 6.09 Å². The summed E-state index contributed by atoms with van der Waals surface area (Å²) in [6.45, 7) is 2.37. The molecule has 3 N–H and O–H groups in total. The summed E-state index contributed by atoms with van der Waals surface area (Å²) < 4.78 is 12.9. The van der Waals surface area contributed by atoms with Gasteiger partial charge in [0.2, 0.25) is 0 Å². The molecule has 0 bridgehead atoms. The molecular formula is C23H27N3O3. The number of rotatable bonds is 6. The molecule has 29 heavy (non-hydrogen) atoms. The number of benzene rings is 2. The molecule has 1 aromatic heterocycles. The second-order valence-electron chi connectivity index (χ2n) is 7.44.